The number of nitrogens with zero attached hydrogens (tertiary/aromatic N) is 1. The summed E-state index contributed by atoms with van der Waals surface area (Å²) in [6, 6.07) is 12.3. The predicted molar refractivity (Wildman–Crippen MR) is 108 cm³/mol. The van der Waals surface area contributed by atoms with E-state index in [1.807, 2.05) is 0 Å². The van der Waals surface area contributed by atoms with Crippen molar-refractivity contribution in [2.24, 2.45) is 4.99 Å². The van der Waals surface area contributed by atoms with Gasteiger partial charge < -0.3 is 10.1 Å². The molecule has 4 nitrogen and oxygen atoms in total. The van der Waals surface area contributed by atoms with Gasteiger partial charge in [-0.1, -0.05) is 35.2 Å². The van der Waals surface area contributed by atoms with Crippen LogP contribution in [0.2, 0.25) is 10.0 Å². The van der Waals surface area contributed by atoms with Gasteiger partial charge in [0.1, 0.15) is 12.4 Å². The van der Waals surface area contributed by atoms with Crippen LogP contribution in [0.1, 0.15) is 5.56 Å². The highest BCUT2D eigenvalue weighted by Crippen LogP contribution is 2.31. The Morgan fingerprint density at radius 3 is 2.69 bits per heavy atom. The van der Waals surface area contributed by atoms with E-state index in [-0.39, 0.29) is 12.5 Å². The average molecular weight is 403 g/mol. The monoisotopic (exact) mass is 402 g/mol. The van der Waals surface area contributed by atoms with Gasteiger partial charge in [-0.2, -0.15) is 0 Å². The molecule has 1 fully saturated rings. The van der Waals surface area contributed by atoms with E-state index in [2.05, 4.69) is 16.2 Å². The van der Waals surface area contributed by atoms with Gasteiger partial charge in [0.2, 0.25) is 0 Å². The van der Waals surface area contributed by atoms with Crippen LogP contribution < -0.4 is 10.1 Å². The summed E-state index contributed by atoms with van der Waals surface area (Å²) in [6.07, 6.45) is 6.90. The summed E-state index contributed by atoms with van der Waals surface area (Å²) < 4.78 is 5.32. The number of carbonyl (C=O) groups excluding carboxylic acids is 1. The zero-order valence-electron chi connectivity index (χ0n) is 13.3. The van der Waals surface area contributed by atoms with Gasteiger partial charge in [0.25, 0.3) is 5.91 Å². The van der Waals surface area contributed by atoms with E-state index in [9.17, 15) is 4.79 Å². The van der Waals surface area contributed by atoms with E-state index >= 15 is 0 Å². The Balaban J connectivity index is 1.77. The normalized spacial score (nSPS) is 16.6. The standard InChI is InChI=1S/C19H12Cl2N2O2S/c1-2-9-25-16-8-3-12(10-15(16)21)11-17-18(24)23-19(26-17)22-14-6-4-13(20)5-7-14/h1,3-8,10-11H,9H2,(H,22,23,24)/b17-11-. The van der Waals surface area contributed by atoms with Gasteiger partial charge >= 0.3 is 0 Å². The number of terminal acetylenes is 1. The molecule has 1 saturated heterocycles. The minimum atomic E-state index is -0.216. The lowest BCUT2D eigenvalue weighted by Crippen LogP contribution is -2.19. The lowest BCUT2D eigenvalue weighted by Gasteiger charge is -2.05. The number of halogens is 2. The smallest absolute Gasteiger partial charge is 0.264 e. The lowest BCUT2D eigenvalue weighted by molar-refractivity contribution is -0.115. The van der Waals surface area contributed by atoms with Crippen LogP contribution >= 0.6 is 35.0 Å². The van der Waals surface area contributed by atoms with E-state index < -0.39 is 0 Å². The lowest BCUT2D eigenvalue weighted by atomic mass is 10.2. The molecule has 1 N–H and O–H groups in total. The topological polar surface area (TPSA) is 50.7 Å². The summed E-state index contributed by atoms with van der Waals surface area (Å²) in [5, 5.41) is 4.29. The van der Waals surface area contributed by atoms with Crippen molar-refractivity contribution in [2.75, 3.05) is 6.61 Å². The Morgan fingerprint density at radius 2 is 2.00 bits per heavy atom. The van der Waals surface area contributed by atoms with Gasteiger partial charge in [-0.15, -0.1) is 6.42 Å². The molecule has 0 unspecified atom stereocenters. The minimum Gasteiger partial charge on any atom is -0.479 e. The van der Waals surface area contributed by atoms with Gasteiger partial charge in [0.15, 0.2) is 5.17 Å². The largest absolute Gasteiger partial charge is 0.479 e. The van der Waals surface area contributed by atoms with Crippen molar-refractivity contribution in [3.63, 3.8) is 0 Å². The molecule has 1 amide bonds. The molecule has 3 rings (SSSR count). The summed E-state index contributed by atoms with van der Waals surface area (Å²) in [6.45, 7) is 0.142. The third kappa shape index (κ3) is 4.61. The molecule has 0 radical (unpaired) electrons. The van der Waals surface area contributed by atoms with E-state index in [1.165, 1.54) is 11.8 Å². The van der Waals surface area contributed by atoms with Gasteiger partial charge in [0.05, 0.1) is 15.6 Å². The molecule has 0 spiro atoms. The molecule has 0 aromatic heterocycles. The van der Waals surface area contributed by atoms with Crippen LogP contribution in [0, 0.1) is 12.3 Å². The highest BCUT2D eigenvalue weighted by Gasteiger charge is 2.23. The van der Waals surface area contributed by atoms with E-state index in [0.29, 0.717) is 31.6 Å². The zero-order chi connectivity index (χ0) is 18.5. The van der Waals surface area contributed by atoms with E-state index in [1.54, 1.807) is 48.5 Å². The molecule has 0 bridgehead atoms. The number of rotatable bonds is 4. The number of aliphatic imine (C=N–C) groups is 1. The average Bonchev–Trinajstić information content (AvgIpc) is 2.95. The molecule has 0 atom stereocenters. The molecule has 1 aliphatic rings. The first-order chi connectivity index (χ1) is 12.5. The molecule has 7 heteroatoms. The van der Waals surface area contributed by atoms with Crippen molar-refractivity contribution in [2.45, 2.75) is 0 Å². The van der Waals surface area contributed by atoms with Gasteiger partial charge in [-0.05, 0) is 59.8 Å². The molecule has 26 heavy (non-hydrogen) atoms. The van der Waals surface area contributed by atoms with Crippen LogP contribution in [0.3, 0.4) is 0 Å². The fourth-order valence-electron chi connectivity index (χ4n) is 2.11. The van der Waals surface area contributed by atoms with Crippen LogP contribution in [0.5, 0.6) is 5.75 Å². The number of hydrogen-bond acceptors (Lipinski definition) is 4. The Kier molecular flexibility index (Phi) is 5.89. The van der Waals surface area contributed by atoms with Crippen molar-refractivity contribution in [1.82, 2.24) is 5.32 Å². The van der Waals surface area contributed by atoms with Gasteiger partial charge in [0, 0.05) is 5.02 Å². The first-order valence-electron chi connectivity index (χ1n) is 7.46. The summed E-state index contributed by atoms with van der Waals surface area (Å²) >= 11 is 13.3. The van der Waals surface area contributed by atoms with Gasteiger partial charge in [-0.3, -0.25) is 4.79 Å². The second-order valence-corrected chi connectivity index (χ2v) is 7.02. The maximum atomic E-state index is 12.1. The third-order valence-electron chi connectivity index (χ3n) is 3.27. The number of benzene rings is 2. The first kappa shape index (κ1) is 18.4. The van der Waals surface area contributed by atoms with Crippen LogP contribution in [0.25, 0.3) is 6.08 Å². The Labute approximate surface area is 165 Å². The van der Waals surface area contributed by atoms with Crippen LogP contribution in [-0.4, -0.2) is 17.7 Å². The van der Waals surface area contributed by atoms with E-state index in [0.717, 1.165) is 5.56 Å². The summed E-state index contributed by atoms with van der Waals surface area (Å²) in [7, 11) is 0. The SMILES string of the molecule is C#CCOc1ccc(/C=C2\SC(=Nc3ccc(Cl)cc3)NC2=O)cc1Cl. The summed E-state index contributed by atoms with van der Waals surface area (Å²) in [5.74, 6) is 2.66. The molecular formula is C19H12Cl2N2O2S. The number of thioether (sulfide) groups is 1. The van der Waals surface area contributed by atoms with Crippen molar-refractivity contribution in [3.05, 3.63) is 63.0 Å². The van der Waals surface area contributed by atoms with Gasteiger partial charge in [-0.25, -0.2) is 4.99 Å². The van der Waals surface area contributed by atoms with Crippen molar-refractivity contribution < 1.29 is 9.53 Å². The number of ether oxygens (including phenoxy) is 1. The molecule has 130 valence electrons. The Bertz CT molecular complexity index is 947. The van der Waals surface area contributed by atoms with Crippen molar-refractivity contribution in [1.29, 1.82) is 0 Å². The summed E-state index contributed by atoms with van der Waals surface area (Å²) in [5.41, 5.74) is 1.48. The summed E-state index contributed by atoms with van der Waals surface area (Å²) in [4.78, 5) is 17.1. The molecule has 1 aliphatic heterocycles. The van der Waals surface area contributed by atoms with Crippen LogP contribution in [0.4, 0.5) is 5.69 Å². The highest BCUT2D eigenvalue weighted by atomic mass is 35.5. The molecular weight excluding hydrogens is 391 g/mol. The quantitative estimate of drug-likeness (QED) is 0.584. The minimum absolute atomic E-state index is 0.142. The zero-order valence-corrected chi connectivity index (χ0v) is 15.7. The van der Waals surface area contributed by atoms with Crippen LogP contribution in [0.15, 0.2) is 52.4 Å². The Hall–Kier alpha value is -2.39. The second-order valence-electron chi connectivity index (χ2n) is 5.14. The fourth-order valence-corrected chi connectivity index (χ4v) is 3.32. The molecule has 0 saturated carbocycles. The van der Waals surface area contributed by atoms with Crippen LogP contribution in [-0.2, 0) is 4.79 Å². The number of nitrogens with one attached hydrogen (secondary N) is 1. The van der Waals surface area contributed by atoms with Crippen molar-refractivity contribution in [3.8, 4) is 18.1 Å². The second kappa shape index (κ2) is 8.33. The number of amides is 1. The van der Waals surface area contributed by atoms with Crippen molar-refractivity contribution >= 4 is 57.8 Å². The number of amidine groups is 1. The predicted octanol–water partition coefficient (Wildman–Crippen LogP) is 4.90. The Morgan fingerprint density at radius 1 is 1.23 bits per heavy atom. The third-order valence-corrected chi connectivity index (χ3v) is 4.73. The molecule has 1 heterocycles. The number of hydrogen-bond donors (Lipinski definition) is 1. The first-order valence-corrected chi connectivity index (χ1v) is 9.03. The molecule has 2 aromatic rings. The fraction of sp³-hybridized carbons (Fsp3) is 0.0526. The maximum Gasteiger partial charge on any atom is 0.264 e. The highest BCUT2D eigenvalue weighted by molar-refractivity contribution is 8.18. The molecule has 2 aromatic carbocycles. The van der Waals surface area contributed by atoms with E-state index in [4.69, 9.17) is 34.4 Å². The number of carbonyl (C=O) groups is 1. The maximum absolute atomic E-state index is 12.1. The molecule has 0 aliphatic carbocycles.